The third-order valence-corrected chi connectivity index (χ3v) is 4.82. The molecule has 4 heteroatoms. The first kappa shape index (κ1) is 17.8. The van der Waals surface area contributed by atoms with E-state index in [1.807, 2.05) is 0 Å². The van der Waals surface area contributed by atoms with Gasteiger partial charge in [0.05, 0.1) is 13.1 Å². The molecule has 0 saturated heterocycles. The fourth-order valence-electron chi connectivity index (χ4n) is 2.01. The van der Waals surface area contributed by atoms with Gasteiger partial charge < -0.3 is 16.7 Å². The van der Waals surface area contributed by atoms with Gasteiger partial charge in [-0.2, -0.15) is 0 Å². The summed E-state index contributed by atoms with van der Waals surface area (Å²) in [4.78, 5) is 0. The normalized spacial score (nSPS) is 16.5. The SMILES string of the molecule is CCCCC(CC)C[N+]([S-])(CCCC)C(=S)S. The number of hydrogen-bond acceptors (Lipinski definition) is 2. The molecule has 0 rings (SSSR count). The van der Waals surface area contributed by atoms with Crippen LogP contribution in [0.5, 0.6) is 0 Å². The van der Waals surface area contributed by atoms with Crippen molar-refractivity contribution in [3.05, 3.63) is 0 Å². The molecule has 0 aliphatic rings. The molecule has 1 nitrogen and oxygen atoms in total. The van der Waals surface area contributed by atoms with E-state index in [0.717, 1.165) is 19.5 Å². The highest BCUT2D eigenvalue weighted by molar-refractivity contribution is 8.10. The lowest BCUT2D eigenvalue weighted by Gasteiger charge is -2.44. The largest absolute Gasteiger partial charge is 0.486 e. The van der Waals surface area contributed by atoms with Gasteiger partial charge in [0.2, 0.25) is 4.32 Å². The van der Waals surface area contributed by atoms with Crippen molar-refractivity contribution in [2.24, 2.45) is 5.92 Å². The molecule has 0 saturated carbocycles. The van der Waals surface area contributed by atoms with Gasteiger partial charge in [0.15, 0.2) is 0 Å². The Morgan fingerprint density at radius 2 is 1.82 bits per heavy atom. The van der Waals surface area contributed by atoms with Crippen LogP contribution in [0.2, 0.25) is 0 Å². The lowest BCUT2D eigenvalue weighted by atomic mass is 9.99. The lowest BCUT2D eigenvalue weighted by molar-refractivity contribution is -0.696. The van der Waals surface area contributed by atoms with Gasteiger partial charge in [0.1, 0.15) is 0 Å². The van der Waals surface area contributed by atoms with E-state index in [4.69, 9.17) is 25.0 Å². The highest BCUT2D eigenvalue weighted by Crippen LogP contribution is 2.21. The summed E-state index contributed by atoms with van der Waals surface area (Å²) in [6.45, 7) is 8.62. The second-order valence-electron chi connectivity index (χ2n) is 4.85. The monoisotopic (exact) mass is 293 g/mol. The first-order valence-corrected chi connectivity index (χ1v) is 8.03. The smallest absolute Gasteiger partial charge is 0.212 e. The number of rotatable bonds is 9. The molecule has 0 aliphatic heterocycles. The van der Waals surface area contributed by atoms with Crippen LogP contribution in [0.15, 0.2) is 0 Å². The summed E-state index contributed by atoms with van der Waals surface area (Å²) < 4.78 is 1.12. The molecule has 0 heterocycles. The fraction of sp³-hybridized carbons (Fsp3) is 0.923. The summed E-state index contributed by atoms with van der Waals surface area (Å²) in [6.07, 6.45) is 7.31. The van der Waals surface area contributed by atoms with Crippen molar-refractivity contribution in [3.63, 3.8) is 0 Å². The molecule has 0 aromatic heterocycles. The maximum Gasteiger partial charge on any atom is 0.212 e. The Labute approximate surface area is 124 Å². The van der Waals surface area contributed by atoms with Crippen molar-refractivity contribution < 1.29 is 3.89 Å². The van der Waals surface area contributed by atoms with E-state index < -0.39 is 0 Å². The van der Waals surface area contributed by atoms with Crippen molar-refractivity contribution in [2.75, 3.05) is 13.1 Å². The van der Waals surface area contributed by atoms with E-state index in [0.29, 0.717) is 14.1 Å². The molecule has 0 bridgehead atoms. The van der Waals surface area contributed by atoms with E-state index in [9.17, 15) is 0 Å². The molecule has 0 aliphatic carbocycles. The Morgan fingerprint density at radius 3 is 2.24 bits per heavy atom. The molecule has 0 aromatic carbocycles. The summed E-state index contributed by atoms with van der Waals surface area (Å²) >= 11 is 15.3. The number of unbranched alkanes of at least 4 members (excludes halogenated alkanes) is 2. The second-order valence-corrected chi connectivity index (χ2v) is 6.66. The van der Waals surface area contributed by atoms with Gasteiger partial charge in [0.25, 0.3) is 0 Å². The maximum atomic E-state index is 5.70. The van der Waals surface area contributed by atoms with Crippen LogP contribution in [0.25, 0.3) is 0 Å². The molecule has 2 atom stereocenters. The molecule has 0 aromatic rings. The predicted molar refractivity (Wildman–Crippen MR) is 87.2 cm³/mol. The summed E-state index contributed by atoms with van der Waals surface area (Å²) in [5.41, 5.74) is 0. The molecular weight excluding hydrogens is 266 g/mol. The van der Waals surface area contributed by atoms with Gasteiger partial charge in [-0.1, -0.05) is 52.7 Å². The standard InChI is InChI=1S/C13H27NS3/c1-4-7-9-12(6-3)11-14(17,13(15)16)10-8-5-2/h12H,4-11H2,1-3H3,(H,15,16). The Kier molecular flexibility index (Phi) is 10.1. The van der Waals surface area contributed by atoms with Crippen LogP contribution in [-0.2, 0) is 12.8 Å². The van der Waals surface area contributed by atoms with Crippen molar-refractivity contribution >= 4 is 42.0 Å². The summed E-state index contributed by atoms with van der Waals surface area (Å²) in [7, 11) is 0. The van der Waals surface area contributed by atoms with Gasteiger partial charge >= 0.3 is 0 Å². The highest BCUT2D eigenvalue weighted by Gasteiger charge is 2.22. The van der Waals surface area contributed by atoms with Crippen LogP contribution in [0, 0.1) is 5.92 Å². The van der Waals surface area contributed by atoms with Crippen LogP contribution < -0.4 is 0 Å². The van der Waals surface area contributed by atoms with Gasteiger partial charge in [-0.25, -0.2) is 0 Å². The van der Waals surface area contributed by atoms with E-state index in [2.05, 4.69) is 33.4 Å². The minimum absolute atomic E-state index is 0.453. The summed E-state index contributed by atoms with van der Waals surface area (Å²) in [5, 5.41) is 0. The minimum Gasteiger partial charge on any atom is -0.486 e. The van der Waals surface area contributed by atoms with Crippen LogP contribution in [0.4, 0.5) is 0 Å². The van der Waals surface area contributed by atoms with Gasteiger partial charge in [0, 0.05) is 5.92 Å². The molecule has 0 N–H and O–H groups in total. The van der Waals surface area contributed by atoms with Crippen molar-refractivity contribution in [3.8, 4) is 0 Å². The first-order chi connectivity index (χ1) is 8.00. The zero-order chi connectivity index (χ0) is 13.3. The fourth-order valence-corrected chi connectivity index (χ4v) is 2.70. The number of quaternary nitrogens is 1. The van der Waals surface area contributed by atoms with Crippen LogP contribution in [-0.4, -0.2) is 21.3 Å². The van der Waals surface area contributed by atoms with E-state index in [1.165, 1.54) is 32.1 Å². The molecular formula is C13H27NS3. The second kappa shape index (κ2) is 9.65. The third-order valence-electron chi connectivity index (χ3n) is 3.32. The van der Waals surface area contributed by atoms with Crippen LogP contribution >= 0.6 is 24.8 Å². The zero-order valence-corrected chi connectivity index (χ0v) is 14.0. The maximum absolute atomic E-state index is 5.70. The van der Waals surface area contributed by atoms with Crippen molar-refractivity contribution in [1.29, 1.82) is 0 Å². The summed E-state index contributed by atoms with van der Waals surface area (Å²) in [6, 6.07) is 0. The minimum atomic E-state index is 0.453. The Morgan fingerprint density at radius 1 is 1.24 bits per heavy atom. The molecule has 102 valence electrons. The molecule has 17 heavy (non-hydrogen) atoms. The van der Waals surface area contributed by atoms with Crippen LogP contribution in [0.3, 0.4) is 0 Å². The number of thiol groups is 1. The van der Waals surface area contributed by atoms with E-state index in [1.54, 1.807) is 0 Å². The van der Waals surface area contributed by atoms with E-state index in [-0.39, 0.29) is 0 Å². The van der Waals surface area contributed by atoms with Gasteiger partial charge in [-0.05, 0) is 31.5 Å². The number of nitrogens with zero attached hydrogens (tertiary/aromatic N) is 1. The molecule has 0 spiro atoms. The molecule has 0 fully saturated rings. The quantitative estimate of drug-likeness (QED) is 0.288. The molecule has 0 radical (unpaired) electrons. The van der Waals surface area contributed by atoms with E-state index >= 15 is 0 Å². The molecule has 0 amide bonds. The van der Waals surface area contributed by atoms with Crippen molar-refractivity contribution in [1.82, 2.24) is 0 Å². The summed E-state index contributed by atoms with van der Waals surface area (Å²) in [5.74, 6) is 0.689. The number of thiocarbonyl (C=S) groups is 1. The zero-order valence-electron chi connectivity index (χ0n) is 11.4. The van der Waals surface area contributed by atoms with Crippen molar-refractivity contribution in [2.45, 2.75) is 59.3 Å². The highest BCUT2D eigenvalue weighted by atomic mass is 32.1. The predicted octanol–water partition coefficient (Wildman–Crippen LogP) is 4.50. The Balaban J connectivity index is 4.43. The Bertz CT molecular complexity index is 221. The molecule has 2 unspecified atom stereocenters. The lowest BCUT2D eigenvalue weighted by Crippen LogP contribution is -2.48. The third kappa shape index (κ3) is 7.04. The first-order valence-electron chi connectivity index (χ1n) is 6.81. The topological polar surface area (TPSA) is 0 Å². The average molecular weight is 294 g/mol. The number of hydrogen-bond donors (Lipinski definition) is 1. The Hall–Kier alpha value is 0.750. The van der Waals surface area contributed by atoms with Gasteiger partial charge in [-0.15, -0.1) is 0 Å². The van der Waals surface area contributed by atoms with Crippen LogP contribution in [0.1, 0.15) is 59.3 Å². The van der Waals surface area contributed by atoms with Gasteiger partial charge in [-0.3, -0.25) is 0 Å². The average Bonchev–Trinajstić information content (AvgIpc) is 2.31.